The van der Waals surface area contributed by atoms with Crippen molar-refractivity contribution in [1.82, 2.24) is 15.2 Å². The molecule has 1 aromatic heterocycles. The average Bonchev–Trinajstić information content (AvgIpc) is 2.97. The number of rotatable bonds is 9. The lowest BCUT2D eigenvalue weighted by atomic mass is 9.97. The summed E-state index contributed by atoms with van der Waals surface area (Å²) in [6.45, 7) is 2.41. The van der Waals surface area contributed by atoms with Gasteiger partial charge in [0.2, 0.25) is 11.8 Å². The van der Waals surface area contributed by atoms with E-state index in [1.54, 1.807) is 48.6 Å². The molecule has 2 atom stereocenters. The maximum absolute atomic E-state index is 14.0. The van der Waals surface area contributed by atoms with Crippen molar-refractivity contribution in [3.05, 3.63) is 108 Å². The molecule has 7 nitrogen and oxygen atoms in total. The van der Waals surface area contributed by atoms with Gasteiger partial charge in [0.05, 0.1) is 6.04 Å². The fourth-order valence-electron chi connectivity index (χ4n) is 4.67. The molecule has 0 bridgehead atoms. The van der Waals surface area contributed by atoms with Crippen LogP contribution in [0.5, 0.6) is 0 Å². The smallest absolute Gasteiger partial charge is 0.252 e. The van der Waals surface area contributed by atoms with Crippen LogP contribution in [0.4, 0.5) is 5.69 Å². The fraction of sp³-hybridized carbons (Fsp3) is 0.290. The third-order valence-corrected chi connectivity index (χ3v) is 6.78. The van der Waals surface area contributed by atoms with Crippen LogP contribution in [0.1, 0.15) is 53.7 Å². The Kier molecular flexibility index (Phi) is 9.03. The number of aromatic nitrogens is 1. The van der Waals surface area contributed by atoms with Gasteiger partial charge in [0.15, 0.2) is 0 Å². The van der Waals surface area contributed by atoms with Crippen molar-refractivity contribution in [2.45, 2.75) is 44.7 Å². The number of nitrogens with zero attached hydrogens (tertiary/aromatic N) is 3. The molecule has 38 heavy (non-hydrogen) atoms. The number of carbonyl (C=O) groups excluding carboxylic acids is 3. The van der Waals surface area contributed by atoms with Crippen molar-refractivity contribution in [3.8, 4) is 0 Å². The molecule has 196 valence electrons. The van der Waals surface area contributed by atoms with Gasteiger partial charge in [-0.25, -0.2) is 0 Å². The molecule has 3 aromatic rings. The summed E-state index contributed by atoms with van der Waals surface area (Å²) in [6, 6.07) is 19.5. The van der Waals surface area contributed by atoms with E-state index in [0.29, 0.717) is 37.1 Å². The van der Waals surface area contributed by atoms with Crippen molar-refractivity contribution in [1.29, 1.82) is 0 Å². The molecule has 0 spiro atoms. The fourth-order valence-corrected chi connectivity index (χ4v) is 4.67. The zero-order chi connectivity index (χ0) is 26.9. The van der Waals surface area contributed by atoms with Gasteiger partial charge in [-0.3, -0.25) is 19.4 Å². The highest BCUT2D eigenvalue weighted by molar-refractivity contribution is 6.00. The number of hydrogen-bond donors (Lipinski definition) is 1. The Morgan fingerprint density at radius 3 is 2.61 bits per heavy atom. The van der Waals surface area contributed by atoms with Gasteiger partial charge in [-0.1, -0.05) is 61.5 Å². The molecule has 1 N–H and O–H groups in total. The molecule has 0 saturated carbocycles. The Labute approximate surface area is 224 Å². The maximum atomic E-state index is 14.0. The molecular formula is C31H34N4O3. The summed E-state index contributed by atoms with van der Waals surface area (Å²) in [6.07, 6.45) is 9.79. The van der Waals surface area contributed by atoms with Crippen LogP contribution in [0.25, 0.3) is 0 Å². The van der Waals surface area contributed by atoms with Gasteiger partial charge in [0, 0.05) is 50.1 Å². The zero-order valence-corrected chi connectivity index (χ0v) is 21.9. The van der Waals surface area contributed by atoms with Crippen LogP contribution in [0.3, 0.4) is 0 Å². The molecule has 0 fully saturated rings. The summed E-state index contributed by atoms with van der Waals surface area (Å²) in [5.74, 6) is -0.517. The van der Waals surface area contributed by atoms with E-state index in [4.69, 9.17) is 0 Å². The summed E-state index contributed by atoms with van der Waals surface area (Å²) in [5.41, 5.74) is 2.95. The first-order valence-electron chi connectivity index (χ1n) is 13.0. The summed E-state index contributed by atoms with van der Waals surface area (Å²) >= 11 is 0. The molecule has 7 heteroatoms. The predicted octanol–water partition coefficient (Wildman–Crippen LogP) is 4.72. The van der Waals surface area contributed by atoms with Crippen molar-refractivity contribution in [2.24, 2.45) is 0 Å². The van der Waals surface area contributed by atoms with Crippen LogP contribution in [-0.4, -0.2) is 47.2 Å². The molecule has 0 saturated heterocycles. The third-order valence-electron chi connectivity index (χ3n) is 6.78. The summed E-state index contributed by atoms with van der Waals surface area (Å²) < 4.78 is 0. The van der Waals surface area contributed by atoms with Gasteiger partial charge in [0.1, 0.15) is 6.04 Å². The molecule has 3 amide bonds. The van der Waals surface area contributed by atoms with Gasteiger partial charge in [0.25, 0.3) is 5.91 Å². The highest BCUT2D eigenvalue weighted by Crippen LogP contribution is 2.28. The molecule has 1 aliphatic rings. The number of nitrogens with one attached hydrogen (secondary N) is 1. The van der Waals surface area contributed by atoms with E-state index >= 15 is 0 Å². The van der Waals surface area contributed by atoms with Gasteiger partial charge in [-0.2, -0.15) is 0 Å². The number of benzene rings is 2. The molecule has 0 aliphatic carbocycles. The maximum Gasteiger partial charge on any atom is 0.252 e. The summed E-state index contributed by atoms with van der Waals surface area (Å²) in [4.78, 5) is 47.4. The second kappa shape index (κ2) is 12.8. The first kappa shape index (κ1) is 26.8. The van der Waals surface area contributed by atoms with E-state index < -0.39 is 6.04 Å². The number of amides is 3. The number of anilines is 1. The molecular weight excluding hydrogens is 476 g/mol. The Morgan fingerprint density at radius 2 is 1.87 bits per heavy atom. The Morgan fingerprint density at radius 1 is 1.05 bits per heavy atom. The normalized spacial score (nSPS) is 15.5. The van der Waals surface area contributed by atoms with Crippen molar-refractivity contribution >= 4 is 23.4 Å². The first-order valence-corrected chi connectivity index (χ1v) is 13.0. The summed E-state index contributed by atoms with van der Waals surface area (Å²) in [7, 11) is 1.71. The number of carbonyl (C=O) groups is 3. The lowest BCUT2D eigenvalue weighted by Gasteiger charge is -2.36. The molecule has 2 heterocycles. The van der Waals surface area contributed by atoms with E-state index in [1.807, 2.05) is 60.4 Å². The average molecular weight is 511 g/mol. The first-order chi connectivity index (χ1) is 18.5. The largest absolute Gasteiger partial charge is 0.340 e. The number of hydrogen-bond acceptors (Lipinski definition) is 4. The van der Waals surface area contributed by atoms with Crippen molar-refractivity contribution < 1.29 is 14.4 Å². The van der Waals surface area contributed by atoms with Gasteiger partial charge >= 0.3 is 0 Å². The predicted molar refractivity (Wildman–Crippen MR) is 149 cm³/mol. The highest BCUT2D eigenvalue weighted by Gasteiger charge is 2.32. The van der Waals surface area contributed by atoms with Crippen LogP contribution < -0.4 is 10.2 Å². The molecule has 1 aliphatic heterocycles. The van der Waals surface area contributed by atoms with Crippen molar-refractivity contribution in [2.75, 3.05) is 18.5 Å². The van der Waals surface area contributed by atoms with Crippen LogP contribution >= 0.6 is 0 Å². The molecule has 1 unspecified atom stereocenters. The summed E-state index contributed by atoms with van der Waals surface area (Å²) in [5, 5.41) is 3.00. The molecule has 4 rings (SSSR count). The zero-order valence-electron chi connectivity index (χ0n) is 21.9. The molecule has 2 aromatic carbocycles. The number of pyridine rings is 1. The van der Waals surface area contributed by atoms with Crippen LogP contribution in [0, 0.1) is 0 Å². The minimum absolute atomic E-state index is 0.0122. The van der Waals surface area contributed by atoms with Crippen LogP contribution in [0.15, 0.2) is 91.3 Å². The monoisotopic (exact) mass is 510 g/mol. The highest BCUT2D eigenvalue weighted by atomic mass is 16.2. The third kappa shape index (κ3) is 6.54. The van der Waals surface area contributed by atoms with E-state index in [0.717, 1.165) is 17.5 Å². The van der Waals surface area contributed by atoms with E-state index in [1.165, 1.54) is 0 Å². The van der Waals surface area contributed by atoms with E-state index in [9.17, 15) is 14.4 Å². The molecule has 0 radical (unpaired) electrons. The van der Waals surface area contributed by atoms with Gasteiger partial charge in [-0.15, -0.1) is 0 Å². The second-order valence-electron chi connectivity index (χ2n) is 9.47. The van der Waals surface area contributed by atoms with Gasteiger partial charge in [-0.05, 0) is 48.2 Å². The lowest BCUT2D eigenvalue weighted by molar-refractivity contribution is -0.135. The van der Waals surface area contributed by atoms with Gasteiger partial charge < -0.3 is 15.1 Å². The SMILES string of the molecule is CCCC(=O)N(C)c1cccc(C(=O)N[C@@H](Cc2ccccc2)C(=O)N2CC=CCC2c2cccnc2)c1. The quantitative estimate of drug-likeness (QED) is 0.423. The van der Waals surface area contributed by atoms with Crippen LogP contribution in [0.2, 0.25) is 0 Å². The standard InChI is InChI=1S/C31H34N4O3/c1-3-11-29(36)34(2)26-16-9-14-24(21-26)30(37)33-27(20-23-12-5-4-6-13-23)31(38)35-19-8-7-17-28(35)25-15-10-18-32-22-25/h4-10,12-16,18,21-22,27-28H,3,11,17,19-20H2,1-2H3,(H,33,37)/t27-,28?/m0/s1. The minimum atomic E-state index is -0.765. The van der Waals surface area contributed by atoms with Crippen LogP contribution in [-0.2, 0) is 16.0 Å². The Bertz CT molecular complexity index is 1280. The second-order valence-corrected chi connectivity index (χ2v) is 9.47. The van der Waals surface area contributed by atoms with E-state index in [-0.39, 0.29) is 23.8 Å². The Hall–Kier alpha value is -4.26. The minimum Gasteiger partial charge on any atom is -0.340 e. The lowest BCUT2D eigenvalue weighted by Crippen LogP contribution is -2.51. The topological polar surface area (TPSA) is 82.6 Å². The Balaban J connectivity index is 1.59. The van der Waals surface area contributed by atoms with Crippen molar-refractivity contribution in [3.63, 3.8) is 0 Å². The van der Waals surface area contributed by atoms with E-state index in [2.05, 4.69) is 16.4 Å².